The van der Waals surface area contributed by atoms with Crippen LogP contribution in [0.4, 0.5) is 5.69 Å². The van der Waals surface area contributed by atoms with E-state index in [4.69, 9.17) is 0 Å². The monoisotopic (exact) mass is 176 g/mol. The summed E-state index contributed by atoms with van der Waals surface area (Å²) in [7, 11) is 0. The van der Waals surface area contributed by atoms with Gasteiger partial charge in [-0.15, -0.1) is 0 Å². The second-order valence-electron chi connectivity index (χ2n) is 3.67. The van der Waals surface area contributed by atoms with Crippen LogP contribution in [0.15, 0.2) is 18.3 Å². The van der Waals surface area contributed by atoms with Crippen LogP contribution < -0.4 is 4.90 Å². The zero-order valence-electron chi connectivity index (χ0n) is 8.33. The molecule has 0 N–H and O–H groups in total. The molecule has 0 fully saturated rings. The lowest BCUT2D eigenvalue weighted by molar-refractivity contribution is 0.635. The molecule has 0 aliphatic carbocycles. The van der Waals surface area contributed by atoms with E-state index in [1.54, 1.807) is 0 Å². The van der Waals surface area contributed by atoms with E-state index in [-0.39, 0.29) is 0 Å². The predicted molar refractivity (Wildman–Crippen MR) is 55.0 cm³/mol. The van der Waals surface area contributed by atoms with Crippen molar-refractivity contribution in [1.29, 1.82) is 0 Å². The van der Waals surface area contributed by atoms with Gasteiger partial charge in [-0.1, -0.05) is 6.92 Å². The van der Waals surface area contributed by atoms with Crippen molar-refractivity contribution in [2.75, 3.05) is 11.4 Å². The summed E-state index contributed by atoms with van der Waals surface area (Å²) < 4.78 is 0. The van der Waals surface area contributed by atoms with Gasteiger partial charge >= 0.3 is 0 Å². The summed E-state index contributed by atoms with van der Waals surface area (Å²) in [6.07, 6.45) is 4.20. The molecule has 0 spiro atoms. The Morgan fingerprint density at radius 2 is 2.46 bits per heavy atom. The smallest absolute Gasteiger partial charge is 0.0654 e. The molecule has 2 heteroatoms. The average Bonchev–Trinajstić information content (AvgIpc) is 2.60. The van der Waals surface area contributed by atoms with Crippen molar-refractivity contribution in [3.8, 4) is 0 Å². The zero-order chi connectivity index (χ0) is 9.26. The molecule has 2 rings (SSSR count). The number of nitrogens with zero attached hydrogens (tertiary/aromatic N) is 2. The Morgan fingerprint density at radius 3 is 3.23 bits per heavy atom. The third-order valence-electron chi connectivity index (χ3n) is 2.89. The first-order valence-corrected chi connectivity index (χ1v) is 5.03. The van der Waals surface area contributed by atoms with Crippen LogP contribution in [0.1, 0.15) is 26.0 Å². The molecule has 0 bridgehead atoms. The highest BCUT2D eigenvalue weighted by atomic mass is 15.2. The van der Waals surface area contributed by atoms with Crippen LogP contribution in [0.25, 0.3) is 0 Å². The molecule has 1 unspecified atom stereocenters. The molecular formula is C11H16N2. The summed E-state index contributed by atoms with van der Waals surface area (Å²) in [5.74, 6) is 0. The van der Waals surface area contributed by atoms with E-state index in [0.29, 0.717) is 6.04 Å². The first-order valence-electron chi connectivity index (χ1n) is 5.03. The number of pyridine rings is 1. The van der Waals surface area contributed by atoms with Gasteiger partial charge in [-0.3, -0.25) is 4.98 Å². The molecule has 2 nitrogen and oxygen atoms in total. The van der Waals surface area contributed by atoms with Gasteiger partial charge in [0.1, 0.15) is 0 Å². The van der Waals surface area contributed by atoms with Gasteiger partial charge in [0.05, 0.1) is 11.4 Å². The largest absolute Gasteiger partial charge is 0.367 e. The van der Waals surface area contributed by atoms with Crippen LogP contribution in [0.5, 0.6) is 0 Å². The van der Waals surface area contributed by atoms with E-state index < -0.39 is 0 Å². The lowest BCUT2D eigenvalue weighted by atomic mass is 10.2. The van der Waals surface area contributed by atoms with E-state index in [0.717, 1.165) is 13.0 Å². The Labute approximate surface area is 79.6 Å². The maximum absolute atomic E-state index is 4.38. The molecule has 2 heterocycles. The van der Waals surface area contributed by atoms with Crippen molar-refractivity contribution < 1.29 is 0 Å². The Hall–Kier alpha value is -1.05. The van der Waals surface area contributed by atoms with Gasteiger partial charge in [0.25, 0.3) is 0 Å². The van der Waals surface area contributed by atoms with Crippen molar-refractivity contribution in [1.82, 2.24) is 4.98 Å². The van der Waals surface area contributed by atoms with Crippen molar-refractivity contribution in [3.63, 3.8) is 0 Å². The second kappa shape index (κ2) is 3.36. The fourth-order valence-corrected chi connectivity index (χ4v) is 1.91. The van der Waals surface area contributed by atoms with Crippen LogP contribution in [0, 0.1) is 0 Å². The number of hydrogen-bond donors (Lipinski definition) is 0. The third-order valence-corrected chi connectivity index (χ3v) is 2.89. The summed E-state index contributed by atoms with van der Waals surface area (Å²) in [6.45, 7) is 5.66. The van der Waals surface area contributed by atoms with Crippen LogP contribution in [0.2, 0.25) is 0 Å². The fraction of sp³-hybridized carbons (Fsp3) is 0.545. The highest BCUT2D eigenvalue weighted by Crippen LogP contribution is 2.27. The van der Waals surface area contributed by atoms with E-state index in [2.05, 4.69) is 29.8 Å². The first kappa shape index (κ1) is 8.54. The zero-order valence-corrected chi connectivity index (χ0v) is 8.33. The van der Waals surface area contributed by atoms with Gasteiger partial charge in [0.15, 0.2) is 0 Å². The third kappa shape index (κ3) is 1.41. The normalized spacial score (nSPS) is 17.2. The second-order valence-corrected chi connectivity index (χ2v) is 3.67. The molecule has 1 atom stereocenters. The summed E-state index contributed by atoms with van der Waals surface area (Å²) in [6, 6.07) is 4.85. The Morgan fingerprint density at radius 1 is 1.62 bits per heavy atom. The van der Waals surface area contributed by atoms with Gasteiger partial charge in [-0.2, -0.15) is 0 Å². The van der Waals surface area contributed by atoms with Crippen LogP contribution >= 0.6 is 0 Å². The van der Waals surface area contributed by atoms with Crippen molar-refractivity contribution in [2.24, 2.45) is 0 Å². The maximum Gasteiger partial charge on any atom is 0.0654 e. The lowest BCUT2D eigenvalue weighted by Crippen LogP contribution is -2.30. The molecular weight excluding hydrogens is 160 g/mol. The van der Waals surface area contributed by atoms with Gasteiger partial charge in [0.2, 0.25) is 0 Å². The molecule has 0 aromatic carbocycles. The molecule has 0 saturated heterocycles. The molecule has 13 heavy (non-hydrogen) atoms. The lowest BCUT2D eigenvalue weighted by Gasteiger charge is -2.25. The van der Waals surface area contributed by atoms with Gasteiger partial charge in [-0.25, -0.2) is 0 Å². The van der Waals surface area contributed by atoms with Crippen molar-refractivity contribution in [3.05, 3.63) is 24.0 Å². The Balaban J connectivity index is 2.28. The minimum absolute atomic E-state index is 0.644. The molecule has 1 aliphatic heterocycles. The number of fused-ring (bicyclic) bond motifs is 1. The number of anilines is 1. The summed E-state index contributed by atoms with van der Waals surface area (Å²) in [5.41, 5.74) is 2.61. The highest BCUT2D eigenvalue weighted by molar-refractivity contribution is 5.55. The van der Waals surface area contributed by atoms with E-state index in [1.807, 2.05) is 12.3 Å². The number of aromatic nitrogens is 1. The highest BCUT2D eigenvalue weighted by Gasteiger charge is 2.22. The average molecular weight is 176 g/mol. The van der Waals surface area contributed by atoms with E-state index in [9.17, 15) is 0 Å². The van der Waals surface area contributed by atoms with Crippen molar-refractivity contribution >= 4 is 5.69 Å². The SMILES string of the molecule is CCC(C)N1CCc2ncccc21. The molecule has 1 aromatic heterocycles. The van der Waals surface area contributed by atoms with Gasteiger partial charge in [-0.05, 0) is 25.5 Å². The minimum Gasteiger partial charge on any atom is -0.367 e. The topological polar surface area (TPSA) is 16.1 Å². The first-order chi connectivity index (χ1) is 6.33. The molecule has 0 saturated carbocycles. The van der Waals surface area contributed by atoms with Crippen LogP contribution in [-0.4, -0.2) is 17.6 Å². The molecule has 0 radical (unpaired) electrons. The number of hydrogen-bond acceptors (Lipinski definition) is 2. The van der Waals surface area contributed by atoms with E-state index >= 15 is 0 Å². The Bertz CT molecular complexity index is 296. The molecule has 1 aliphatic rings. The van der Waals surface area contributed by atoms with Crippen LogP contribution in [-0.2, 0) is 6.42 Å². The summed E-state index contributed by atoms with van der Waals surface area (Å²) in [5, 5.41) is 0. The quantitative estimate of drug-likeness (QED) is 0.687. The summed E-state index contributed by atoms with van der Waals surface area (Å²) >= 11 is 0. The van der Waals surface area contributed by atoms with Gasteiger partial charge < -0.3 is 4.90 Å². The van der Waals surface area contributed by atoms with Crippen molar-refractivity contribution in [2.45, 2.75) is 32.7 Å². The Kier molecular flexibility index (Phi) is 2.21. The van der Waals surface area contributed by atoms with Crippen LogP contribution in [0.3, 0.4) is 0 Å². The standard InChI is InChI=1S/C11H16N2/c1-3-9(2)13-8-6-10-11(13)5-4-7-12-10/h4-5,7,9H,3,6,8H2,1-2H3. The van der Waals surface area contributed by atoms with E-state index in [1.165, 1.54) is 17.8 Å². The molecule has 0 amide bonds. The molecule has 1 aromatic rings. The number of rotatable bonds is 2. The fourth-order valence-electron chi connectivity index (χ4n) is 1.91. The maximum atomic E-state index is 4.38. The minimum atomic E-state index is 0.644. The summed E-state index contributed by atoms with van der Waals surface area (Å²) in [4.78, 5) is 6.85. The van der Waals surface area contributed by atoms with Gasteiger partial charge in [0, 0.05) is 25.2 Å². The predicted octanol–water partition coefficient (Wildman–Crippen LogP) is 2.24. The molecule has 70 valence electrons.